The molecule has 0 aliphatic carbocycles. The van der Waals surface area contributed by atoms with Gasteiger partial charge in [-0.3, -0.25) is 4.79 Å². The number of amides is 1. The predicted molar refractivity (Wildman–Crippen MR) is 91.8 cm³/mol. The number of halogens is 1. The van der Waals surface area contributed by atoms with Gasteiger partial charge in [-0.15, -0.1) is 0 Å². The number of carbonyl (C=O) groups excluding carboxylic acids is 1. The molecular formula is C17H19BrN2O. The molecule has 0 radical (unpaired) electrons. The summed E-state index contributed by atoms with van der Waals surface area (Å²) in [5.74, 6) is -0.0556. The van der Waals surface area contributed by atoms with Crippen molar-refractivity contribution >= 4 is 33.2 Å². The van der Waals surface area contributed by atoms with Crippen LogP contribution >= 0.6 is 15.9 Å². The Labute approximate surface area is 133 Å². The maximum atomic E-state index is 12.0. The second-order valence-electron chi connectivity index (χ2n) is 4.91. The molecule has 0 spiro atoms. The quantitative estimate of drug-likeness (QED) is 0.843. The lowest BCUT2D eigenvalue weighted by molar-refractivity contribution is -0.114. The molecule has 2 aromatic rings. The van der Waals surface area contributed by atoms with Crippen LogP contribution in [0.1, 0.15) is 18.1 Å². The van der Waals surface area contributed by atoms with Crippen LogP contribution in [0.4, 0.5) is 11.4 Å². The minimum Gasteiger partial charge on any atom is -0.376 e. The second kappa shape index (κ2) is 7.27. The van der Waals surface area contributed by atoms with Crippen LogP contribution in [0.25, 0.3) is 0 Å². The zero-order chi connectivity index (χ0) is 15.2. The van der Waals surface area contributed by atoms with Gasteiger partial charge in [0.05, 0.1) is 6.54 Å². The summed E-state index contributed by atoms with van der Waals surface area (Å²) in [4.78, 5) is 12.0. The predicted octanol–water partition coefficient (Wildman–Crippen LogP) is 4.37. The Balaban J connectivity index is 1.89. The van der Waals surface area contributed by atoms with Crippen molar-refractivity contribution in [1.29, 1.82) is 0 Å². The van der Waals surface area contributed by atoms with Crippen LogP contribution in [0.2, 0.25) is 0 Å². The third-order valence-electron chi connectivity index (χ3n) is 3.28. The molecule has 3 nitrogen and oxygen atoms in total. The fourth-order valence-electron chi connectivity index (χ4n) is 2.00. The second-order valence-corrected chi connectivity index (χ2v) is 5.83. The topological polar surface area (TPSA) is 41.1 Å². The maximum absolute atomic E-state index is 12.0. The van der Waals surface area contributed by atoms with Crippen molar-refractivity contribution in [3.05, 3.63) is 58.1 Å². The Hall–Kier alpha value is -1.81. The number of aryl methyl sites for hydroxylation is 2. The van der Waals surface area contributed by atoms with Gasteiger partial charge in [-0.1, -0.05) is 35.0 Å². The van der Waals surface area contributed by atoms with Gasteiger partial charge >= 0.3 is 0 Å². The van der Waals surface area contributed by atoms with Gasteiger partial charge in [0.2, 0.25) is 5.91 Å². The highest BCUT2D eigenvalue weighted by molar-refractivity contribution is 9.10. The third kappa shape index (κ3) is 4.60. The van der Waals surface area contributed by atoms with Crippen LogP contribution in [0.3, 0.4) is 0 Å². The first-order valence-corrected chi connectivity index (χ1v) is 7.76. The van der Waals surface area contributed by atoms with Gasteiger partial charge in [-0.05, 0) is 54.8 Å². The van der Waals surface area contributed by atoms with E-state index in [0.29, 0.717) is 0 Å². The number of hydrogen-bond donors (Lipinski definition) is 2. The highest BCUT2D eigenvalue weighted by Gasteiger charge is 2.05. The van der Waals surface area contributed by atoms with Crippen LogP contribution in [-0.2, 0) is 11.2 Å². The van der Waals surface area contributed by atoms with Crippen molar-refractivity contribution in [1.82, 2.24) is 0 Å². The molecule has 1 amide bonds. The van der Waals surface area contributed by atoms with Crippen molar-refractivity contribution in [3.8, 4) is 0 Å². The summed E-state index contributed by atoms with van der Waals surface area (Å²) < 4.78 is 1.01. The smallest absolute Gasteiger partial charge is 0.243 e. The maximum Gasteiger partial charge on any atom is 0.243 e. The molecule has 0 atom stereocenters. The lowest BCUT2D eigenvalue weighted by Crippen LogP contribution is -2.22. The normalized spacial score (nSPS) is 10.2. The first-order chi connectivity index (χ1) is 10.1. The van der Waals surface area contributed by atoms with Crippen LogP contribution in [-0.4, -0.2) is 12.5 Å². The van der Waals surface area contributed by atoms with Crippen molar-refractivity contribution in [2.24, 2.45) is 0 Å². The SMILES string of the molecule is CCc1ccc(NCC(=O)Nc2ccc(Br)cc2C)cc1. The van der Waals surface area contributed by atoms with E-state index in [1.807, 2.05) is 37.3 Å². The van der Waals surface area contributed by atoms with Crippen LogP contribution in [0.15, 0.2) is 46.9 Å². The van der Waals surface area contributed by atoms with Gasteiger partial charge in [0.25, 0.3) is 0 Å². The average Bonchev–Trinajstić information content (AvgIpc) is 2.48. The molecule has 0 saturated carbocycles. The molecule has 2 aromatic carbocycles. The molecule has 0 fully saturated rings. The van der Waals surface area contributed by atoms with Crippen molar-refractivity contribution < 1.29 is 4.79 Å². The highest BCUT2D eigenvalue weighted by Crippen LogP contribution is 2.20. The van der Waals surface area contributed by atoms with Gasteiger partial charge < -0.3 is 10.6 Å². The fourth-order valence-corrected chi connectivity index (χ4v) is 2.48. The van der Waals surface area contributed by atoms with E-state index >= 15 is 0 Å². The van der Waals surface area contributed by atoms with E-state index in [-0.39, 0.29) is 12.5 Å². The van der Waals surface area contributed by atoms with E-state index in [1.165, 1.54) is 5.56 Å². The Morgan fingerprint density at radius 2 is 1.86 bits per heavy atom. The number of nitrogens with one attached hydrogen (secondary N) is 2. The molecule has 0 saturated heterocycles. The van der Waals surface area contributed by atoms with Crippen molar-refractivity contribution in [2.75, 3.05) is 17.2 Å². The summed E-state index contributed by atoms with van der Waals surface area (Å²) in [7, 11) is 0. The van der Waals surface area contributed by atoms with Crippen molar-refractivity contribution in [2.45, 2.75) is 20.3 Å². The Kier molecular flexibility index (Phi) is 5.39. The first kappa shape index (κ1) is 15.6. The van der Waals surface area contributed by atoms with E-state index < -0.39 is 0 Å². The number of anilines is 2. The van der Waals surface area contributed by atoms with Gasteiger partial charge in [-0.2, -0.15) is 0 Å². The molecule has 0 aliphatic heterocycles. The molecule has 0 bridgehead atoms. The molecule has 0 aromatic heterocycles. The largest absolute Gasteiger partial charge is 0.376 e. The first-order valence-electron chi connectivity index (χ1n) is 6.97. The lowest BCUT2D eigenvalue weighted by Gasteiger charge is -2.10. The molecular weight excluding hydrogens is 328 g/mol. The molecule has 110 valence electrons. The molecule has 21 heavy (non-hydrogen) atoms. The minimum absolute atomic E-state index is 0.0556. The van der Waals surface area contributed by atoms with Crippen LogP contribution < -0.4 is 10.6 Å². The fraction of sp³-hybridized carbons (Fsp3) is 0.235. The summed E-state index contributed by atoms with van der Waals surface area (Å²) in [5.41, 5.74) is 4.11. The number of rotatable bonds is 5. The lowest BCUT2D eigenvalue weighted by atomic mass is 10.1. The van der Waals surface area contributed by atoms with E-state index in [9.17, 15) is 4.79 Å². The standard InChI is InChI=1S/C17H19BrN2O/c1-3-13-4-7-15(8-5-13)19-11-17(21)20-16-9-6-14(18)10-12(16)2/h4-10,19H,3,11H2,1-2H3,(H,20,21). The molecule has 2 rings (SSSR count). The van der Waals surface area contributed by atoms with E-state index in [2.05, 4.69) is 45.6 Å². The number of carbonyl (C=O) groups is 1. The van der Waals surface area contributed by atoms with Gasteiger partial charge in [0, 0.05) is 15.8 Å². The molecule has 4 heteroatoms. The molecule has 2 N–H and O–H groups in total. The molecule has 0 aliphatic rings. The minimum atomic E-state index is -0.0556. The summed E-state index contributed by atoms with van der Waals surface area (Å²) >= 11 is 3.41. The van der Waals surface area contributed by atoms with E-state index in [0.717, 1.165) is 27.8 Å². The summed E-state index contributed by atoms with van der Waals surface area (Å²) in [6.07, 6.45) is 1.02. The summed E-state index contributed by atoms with van der Waals surface area (Å²) in [6.45, 7) is 4.34. The summed E-state index contributed by atoms with van der Waals surface area (Å²) in [5, 5.41) is 6.03. The van der Waals surface area contributed by atoms with Crippen LogP contribution in [0.5, 0.6) is 0 Å². The van der Waals surface area contributed by atoms with E-state index in [4.69, 9.17) is 0 Å². The van der Waals surface area contributed by atoms with E-state index in [1.54, 1.807) is 0 Å². The number of hydrogen-bond acceptors (Lipinski definition) is 2. The summed E-state index contributed by atoms with van der Waals surface area (Å²) in [6, 6.07) is 13.9. The van der Waals surface area contributed by atoms with Gasteiger partial charge in [-0.25, -0.2) is 0 Å². The monoisotopic (exact) mass is 346 g/mol. The number of benzene rings is 2. The zero-order valence-corrected chi connectivity index (χ0v) is 13.8. The Bertz CT molecular complexity index is 623. The Morgan fingerprint density at radius 1 is 1.14 bits per heavy atom. The third-order valence-corrected chi connectivity index (χ3v) is 3.77. The van der Waals surface area contributed by atoms with Gasteiger partial charge in [0.15, 0.2) is 0 Å². The van der Waals surface area contributed by atoms with Crippen LogP contribution in [0, 0.1) is 6.92 Å². The zero-order valence-electron chi connectivity index (χ0n) is 12.2. The van der Waals surface area contributed by atoms with Crippen molar-refractivity contribution in [3.63, 3.8) is 0 Å². The molecule has 0 heterocycles. The highest BCUT2D eigenvalue weighted by atomic mass is 79.9. The van der Waals surface area contributed by atoms with Gasteiger partial charge in [0.1, 0.15) is 0 Å². The molecule has 0 unspecified atom stereocenters. The average molecular weight is 347 g/mol. The Morgan fingerprint density at radius 3 is 2.48 bits per heavy atom.